The summed E-state index contributed by atoms with van der Waals surface area (Å²) >= 11 is 1.33. The lowest BCUT2D eigenvalue weighted by Gasteiger charge is -2.11. The van der Waals surface area contributed by atoms with Crippen LogP contribution >= 0.6 is 11.8 Å². The van der Waals surface area contributed by atoms with E-state index in [1.165, 1.54) is 11.8 Å². The fourth-order valence-electron chi connectivity index (χ4n) is 1.59. The zero-order valence-electron chi connectivity index (χ0n) is 10.1. The molecule has 2 N–H and O–H groups in total. The first-order chi connectivity index (χ1) is 8.54. The van der Waals surface area contributed by atoms with Crippen LogP contribution in [-0.2, 0) is 21.8 Å². The molecule has 1 rings (SSSR count). The topological polar surface area (TPSA) is 74.6 Å². The molecule has 0 saturated heterocycles. The number of carbonyl (C=O) groups is 2. The highest BCUT2D eigenvalue weighted by Crippen LogP contribution is 2.23. The Bertz CT molecular complexity index is 431. The highest BCUT2D eigenvalue weighted by Gasteiger charge is 2.16. The van der Waals surface area contributed by atoms with Gasteiger partial charge in [0.15, 0.2) is 0 Å². The third kappa shape index (κ3) is 4.41. The third-order valence-electron chi connectivity index (χ3n) is 2.55. The average Bonchev–Trinajstić information content (AvgIpc) is 2.30. The fourth-order valence-corrected chi connectivity index (χ4v) is 2.63. The van der Waals surface area contributed by atoms with Gasteiger partial charge < -0.3 is 10.2 Å². The van der Waals surface area contributed by atoms with E-state index in [1.807, 2.05) is 19.1 Å². The molecule has 0 aliphatic heterocycles. The molecule has 0 amide bonds. The summed E-state index contributed by atoms with van der Waals surface area (Å²) in [5.41, 5.74) is 1.64. The monoisotopic (exact) mass is 268 g/mol. The maximum Gasteiger partial charge on any atom is 0.316 e. The van der Waals surface area contributed by atoms with Gasteiger partial charge in [-0.25, -0.2) is 0 Å². The van der Waals surface area contributed by atoms with Crippen molar-refractivity contribution in [2.75, 3.05) is 0 Å². The number of hydrogen-bond acceptors (Lipinski definition) is 3. The van der Waals surface area contributed by atoms with Gasteiger partial charge in [0, 0.05) is 5.75 Å². The molecule has 0 saturated carbocycles. The van der Waals surface area contributed by atoms with E-state index in [4.69, 9.17) is 10.2 Å². The van der Waals surface area contributed by atoms with E-state index in [9.17, 15) is 9.59 Å². The van der Waals surface area contributed by atoms with Crippen molar-refractivity contribution in [1.29, 1.82) is 0 Å². The average molecular weight is 268 g/mol. The smallest absolute Gasteiger partial charge is 0.316 e. The molecule has 0 radical (unpaired) electrons. The molecule has 0 bridgehead atoms. The van der Waals surface area contributed by atoms with Crippen LogP contribution in [0.4, 0.5) is 0 Å². The molecule has 1 unspecified atom stereocenters. The molecule has 0 aliphatic rings. The first-order valence-electron chi connectivity index (χ1n) is 5.67. The van der Waals surface area contributed by atoms with Gasteiger partial charge in [-0.1, -0.05) is 31.2 Å². The van der Waals surface area contributed by atoms with Crippen LogP contribution in [0.15, 0.2) is 24.3 Å². The Morgan fingerprint density at radius 3 is 2.33 bits per heavy atom. The molecule has 1 aromatic carbocycles. The Hall–Kier alpha value is -1.49. The van der Waals surface area contributed by atoms with Crippen LogP contribution < -0.4 is 0 Å². The van der Waals surface area contributed by atoms with Crippen molar-refractivity contribution in [2.24, 2.45) is 0 Å². The second-order valence-electron chi connectivity index (χ2n) is 3.89. The van der Waals surface area contributed by atoms with E-state index in [0.717, 1.165) is 11.1 Å². The van der Waals surface area contributed by atoms with Crippen molar-refractivity contribution in [3.8, 4) is 0 Å². The van der Waals surface area contributed by atoms with Crippen LogP contribution in [0.1, 0.15) is 24.5 Å². The fraction of sp³-hybridized carbons (Fsp3) is 0.385. The normalized spacial score (nSPS) is 12.1. The van der Waals surface area contributed by atoms with E-state index in [1.54, 1.807) is 12.1 Å². The highest BCUT2D eigenvalue weighted by atomic mass is 32.2. The summed E-state index contributed by atoms with van der Waals surface area (Å²) in [7, 11) is 0. The maximum absolute atomic E-state index is 10.9. The predicted octanol–water partition coefficient (Wildman–Crippen LogP) is 2.41. The number of rotatable bonds is 7. The molecule has 0 aromatic heterocycles. The van der Waals surface area contributed by atoms with Crippen molar-refractivity contribution >= 4 is 23.7 Å². The molecule has 5 heteroatoms. The van der Waals surface area contributed by atoms with Crippen LogP contribution in [0.25, 0.3) is 0 Å². The van der Waals surface area contributed by atoms with Crippen LogP contribution in [-0.4, -0.2) is 27.4 Å². The number of aliphatic carboxylic acids is 2. The van der Waals surface area contributed by atoms with Crippen molar-refractivity contribution in [3.05, 3.63) is 35.4 Å². The van der Waals surface area contributed by atoms with Gasteiger partial charge in [0.05, 0.1) is 6.42 Å². The lowest BCUT2D eigenvalue weighted by molar-refractivity contribution is -0.137. The van der Waals surface area contributed by atoms with Gasteiger partial charge in [0.2, 0.25) is 0 Å². The molecule has 0 spiro atoms. The first-order valence-corrected chi connectivity index (χ1v) is 6.72. The number of carboxylic acid groups (broad SMARTS) is 2. The molecule has 0 fully saturated rings. The maximum atomic E-state index is 10.9. The molecular formula is C13H16O4S. The van der Waals surface area contributed by atoms with Crippen LogP contribution in [0.3, 0.4) is 0 Å². The summed E-state index contributed by atoms with van der Waals surface area (Å²) in [4.78, 5) is 21.6. The molecule has 98 valence electrons. The van der Waals surface area contributed by atoms with E-state index in [-0.39, 0.29) is 6.42 Å². The summed E-state index contributed by atoms with van der Waals surface area (Å²) < 4.78 is 0. The summed E-state index contributed by atoms with van der Waals surface area (Å²) in [6, 6.07) is 7.25. The third-order valence-corrected chi connectivity index (χ3v) is 3.96. The number of carboxylic acids is 2. The molecule has 0 heterocycles. The van der Waals surface area contributed by atoms with Crippen LogP contribution in [0, 0.1) is 0 Å². The van der Waals surface area contributed by atoms with Gasteiger partial charge >= 0.3 is 11.9 Å². The first kappa shape index (κ1) is 14.6. The second-order valence-corrected chi connectivity index (χ2v) is 5.08. The number of benzene rings is 1. The number of hydrogen-bond donors (Lipinski definition) is 2. The molecular weight excluding hydrogens is 252 g/mol. The second kappa shape index (κ2) is 7.06. The van der Waals surface area contributed by atoms with E-state index >= 15 is 0 Å². The summed E-state index contributed by atoms with van der Waals surface area (Å²) in [5.74, 6) is -1.18. The molecule has 18 heavy (non-hydrogen) atoms. The summed E-state index contributed by atoms with van der Waals surface area (Å²) in [6.07, 6.45) is 0.529. The van der Waals surface area contributed by atoms with Gasteiger partial charge in [-0.2, -0.15) is 0 Å². The molecule has 0 aliphatic carbocycles. The Morgan fingerprint density at radius 1 is 1.22 bits per heavy atom. The Morgan fingerprint density at radius 2 is 1.83 bits per heavy atom. The molecule has 1 aromatic rings. The summed E-state index contributed by atoms with van der Waals surface area (Å²) in [5, 5.41) is 17.3. The van der Waals surface area contributed by atoms with Crippen molar-refractivity contribution < 1.29 is 19.8 Å². The van der Waals surface area contributed by atoms with E-state index < -0.39 is 17.2 Å². The standard InChI is InChI=1S/C13H16O4S/c1-2-11(13(16)17)18-8-10-6-4-3-5-9(10)7-12(14)15/h3-6,11H,2,7-8H2,1H3,(H,14,15)(H,16,17). The Balaban J connectivity index is 2.71. The van der Waals surface area contributed by atoms with Crippen molar-refractivity contribution in [2.45, 2.75) is 30.8 Å². The lowest BCUT2D eigenvalue weighted by atomic mass is 10.1. The minimum atomic E-state index is -0.877. The van der Waals surface area contributed by atoms with E-state index in [2.05, 4.69) is 0 Å². The zero-order valence-corrected chi connectivity index (χ0v) is 10.9. The quantitative estimate of drug-likeness (QED) is 0.794. The minimum Gasteiger partial charge on any atom is -0.481 e. The zero-order chi connectivity index (χ0) is 13.5. The minimum absolute atomic E-state index is 0.0272. The predicted molar refractivity (Wildman–Crippen MR) is 70.8 cm³/mol. The largest absolute Gasteiger partial charge is 0.481 e. The van der Waals surface area contributed by atoms with Gasteiger partial charge in [0.25, 0.3) is 0 Å². The molecule has 4 nitrogen and oxygen atoms in total. The van der Waals surface area contributed by atoms with Gasteiger partial charge in [0.1, 0.15) is 5.25 Å². The van der Waals surface area contributed by atoms with E-state index in [0.29, 0.717) is 12.2 Å². The van der Waals surface area contributed by atoms with Crippen molar-refractivity contribution in [1.82, 2.24) is 0 Å². The van der Waals surface area contributed by atoms with Crippen LogP contribution in [0.5, 0.6) is 0 Å². The van der Waals surface area contributed by atoms with Crippen molar-refractivity contribution in [3.63, 3.8) is 0 Å². The molecule has 1 atom stereocenters. The summed E-state index contributed by atoms with van der Waals surface area (Å²) in [6.45, 7) is 1.83. The SMILES string of the molecule is CCC(SCc1ccccc1CC(=O)O)C(=O)O. The van der Waals surface area contributed by atoms with Gasteiger partial charge in [-0.15, -0.1) is 11.8 Å². The Labute approximate surface area is 110 Å². The van der Waals surface area contributed by atoms with Crippen LogP contribution in [0.2, 0.25) is 0 Å². The Kier molecular flexibility index (Phi) is 5.71. The number of thioether (sulfide) groups is 1. The lowest BCUT2D eigenvalue weighted by Crippen LogP contribution is -2.15. The highest BCUT2D eigenvalue weighted by molar-refractivity contribution is 7.99. The van der Waals surface area contributed by atoms with Gasteiger partial charge in [-0.05, 0) is 17.5 Å². The van der Waals surface area contributed by atoms with Gasteiger partial charge in [-0.3, -0.25) is 9.59 Å².